The lowest BCUT2D eigenvalue weighted by Crippen LogP contribution is -2.26. The second-order valence-corrected chi connectivity index (χ2v) is 9.64. The van der Waals surface area contributed by atoms with Gasteiger partial charge in [-0.05, 0) is 35.7 Å². The molecule has 0 amide bonds. The van der Waals surface area contributed by atoms with Crippen LogP contribution in [0.4, 0.5) is 0 Å². The number of hydrogen-bond acceptors (Lipinski definition) is 3. The molecule has 3 nitrogen and oxygen atoms in total. The summed E-state index contributed by atoms with van der Waals surface area (Å²) in [6, 6.07) is 15.6. The van der Waals surface area contributed by atoms with Crippen molar-refractivity contribution in [2.75, 3.05) is 7.11 Å². The summed E-state index contributed by atoms with van der Waals surface area (Å²) in [5.74, 6) is 0.760. The maximum Gasteiger partial charge on any atom is 0.205 e. The van der Waals surface area contributed by atoms with Crippen LogP contribution in [-0.2, 0) is 4.43 Å². The molecule has 2 rings (SSSR count). The molecule has 2 unspecified atom stereocenters. The fourth-order valence-corrected chi connectivity index (χ4v) is 3.84. The summed E-state index contributed by atoms with van der Waals surface area (Å²) in [6.07, 6.45) is -0.718. The van der Waals surface area contributed by atoms with Gasteiger partial charge in [-0.1, -0.05) is 63.2 Å². The normalized spacial score (nSPS) is 14.4. The first-order valence-corrected chi connectivity index (χ1v) is 11.0. The molecule has 2 aromatic carbocycles. The molecule has 0 aliphatic rings. The van der Waals surface area contributed by atoms with Crippen molar-refractivity contribution in [3.8, 4) is 5.75 Å². The van der Waals surface area contributed by atoms with Gasteiger partial charge in [-0.3, -0.25) is 0 Å². The molecule has 0 fully saturated rings. The van der Waals surface area contributed by atoms with Crippen molar-refractivity contribution in [3.05, 3.63) is 65.2 Å². The first-order chi connectivity index (χ1) is 11.7. The molecule has 0 heterocycles. The number of aliphatic hydroxyl groups excluding tert-OH is 1. The highest BCUT2D eigenvalue weighted by molar-refractivity contribution is 6.48. The SMILES string of the molecule is COc1cc(C(O)c2ccccc2)ccc1C(O[Si](C)C)C(C)(C)C. The maximum absolute atomic E-state index is 10.7. The summed E-state index contributed by atoms with van der Waals surface area (Å²) >= 11 is 0. The molecule has 0 saturated heterocycles. The van der Waals surface area contributed by atoms with Gasteiger partial charge in [0.25, 0.3) is 0 Å². The highest BCUT2D eigenvalue weighted by Crippen LogP contribution is 2.41. The lowest BCUT2D eigenvalue weighted by molar-refractivity contribution is 0.0839. The van der Waals surface area contributed by atoms with Crippen LogP contribution in [0.1, 0.15) is 49.7 Å². The average molecular weight is 358 g/mol. The first-order valence-electron chi connectivity index (χ1n) is 8.61. The summed E-state index contributed by atoms with van der Waals surface area (Å²) in [5, 5.41) is 10.7. The van der Waals surface area contributed by atoms with Crippen LogP contribution in [0.5, 0.6) is 5.75 Å². The maximum atomic E-state index is 10.7. The van der Waals surface area contributed by atoms with Gasteiger partial charge in [0.2, 0.25) is 9.04 Å². The molecule has 4 heteroatoms. The molecule has 2 atom stereocenters. The number of aliphatic hydroxyl groups is 1. The van der Waals surface area contributed by atoms with Crippen LogP contribution in [-0.4, -0.2) is 21.3 Å². The zero-order valence-corrected chi connectivity index (χ0v) is 17.0. The lowest BCUT2D eigenvalue weighted by atomic mass is 9.84. The summed E-state index contributed by atoms with van der Waals surface area (Å²) in [6.45, 7) is 10.8. The van der Waals surface area contributed by atoms with Gasteiger partial charge in [0.15, 0.2) is 0 Å². The van der Waals surface area contributed by atoms with E-state index in [1.165, 1.54) is 0 Å². The lowest BCUT2D eigenvalue weighted by Gasteiger charge is -2.34. The van der Waals surface area contributed by atoms with E-state index < -0.39 is 15.1 Å². The molecule has 1 radical (unpaired) electrons. The van der Waals surface area contributed by atoms with E-state index in [1.54, 1.807) is 7.11 Å². The van der Waals surface area contributed by atoms with Crippen molar-refractivity contribution in [3.63, 3.8) is 0 Å². The minimum absolute atomic E-state index is 0.0468. The van der Waals surface area contributed by atoms with Gasteiger partial charge < -0.3 is 14.3 Å². The Kier molecular flexibility index (Phi) is 6.44. The van der Waals surface area contributed by atoms with Crippen molar-refractivity contribution in [1.82, 2.24) is 0 Å². The van der Waals surface area contributed by atoms with E-state index in [0.717, 1.165) is 22.4 Å². The second kappa shape index (κ2) is 8.17. The van der Waals surface area contributed by atoms with Crippen LogP contribution in [0.3, 0.4) is 0 Å². The fraction of sp³-hybridized carbons (Fsp3) is 0.429. The van der Waals surface area contributed by atoms with Gasteiger partial charge in [0.1, 0.15) is 11.9 Å². The topological polar surface area (TPSA) is 38.7 Å². The fourth-order valence-electron chi connectivity index (χ4n) is 2.88. The Bertz CT molecular complexity index is 677. The first kappa shape index (κ1) is 19.7. The van der Waals surface area contributed by atoms with Gasteiger partial charge in [0.05, 0.1) is 13.2 Å². The van der Waals surface area contributed by atoms with Gasteiger partial charge in [-0.2, -0.15) is 0 Å². The van der Waals surface area contributed by atoms with Crippen molar-refractivity contribution in [1.29, 1.82) is 0 Å². The standard InChI is InChI=1S/C21H29O3Si/c1-21(2,3)20(24-25(5)6)17-13-12-16(14-18(17)23-4)19(22)15-10-8-7-9-11-15/h7-14,19-20,22H,1-6H3. The van der Waals surface area contributed by atoms with E-state index in [9.17, 15) is 5.11 Å². The van der Waals surface area contributed by atoms with E-state index in [2.05, 4.69) is 33.9 Å². The van der Waals surface area contributed by atoms with Crippen LogP contribution in [0.15, 0.2) is 48.5 Å². The largest absolute Gasteiger partial charge is 0.496 e. The number of benzene rings is 2. The Hall–Kier alpha value is -1.62. The van der Waals surface area contributed by atoms with Gasteiger partial charge in [-0.25, -0.2) is 0 Å². The minimum atomic E-state index is -0.861. The molecule has 135 valence electrons. The molecule has 0 bridgehead atoms. The number of rotatable bonds is 6. The summed E-state index contributed by atoms with van der Waals surface area (Å²) in [4.78, 5) is 0. The third-order valence-corrected chi connectivity index (χ3v) is 4.82. The Morgan fingerprint density at radius 2 is 1.60 bits per heavy atom. The summed E-state index contributed by atoms with van der Waals surface area (Å²) < 4.78 is 11.9. The van der Waals surface area contributed by atoms with E-state index in [1.807, 2.05) is 48.5 Å². The van der Waals surface area contributed by atoms with E-state index in [-0.39, 0.29) is 11.5 Å². The van der Waals surface area contributed by atoms with Crippen LogP contribution < -0.4 is 4.74 Å². The van der Waals surface area contributed by atoms with Gasteiger partial charge in [0, 0.05) is 5.56 Å². The Morgan fingerprint density at radius 1 is 0.960 bits per heavy atom. The molecule has 0 aliphatic heterocycles. The molecule has 0 aliphatic carbocycles. The third kappa shape index (κ3) is 4.94. The van der Waals surface area contributed by atoms with Crippen molar-refractivity contribution >= 4 is 9.04 Å². The zero-order valence-electron chi connectivity index (χ0n) is 16.0. The van der Waals surface area contributed by atoms with Crippen molar-refractivity contribution in [2.24, 2.45) is 5.41 Å². The van der Waals surface area contributed by atoms with Crippen LogP contribution in [0.25, 0.3) is 0 Å². The zero-order chi connectivity index (χ0) is 18.6. The smallest absolute Gasteiger partial charge is 0.205 e. The molecular formula is C21H29O3Si. The molecule has 0 spiro atoms. The van der Waals surface area contributed by atoms with Crippen LogP contribution in [0, 0.1) is 5.41 Å². The van der Waals surface area contributed by atoms with E-state index in [0.29, 0.717) is 0 Å². The Balaban J connectivity index is 2.41. The van der Waals surface area contributed by atoms with Crippen molar-refractivity contribution < 1.29 is 14.3 Å². The van der Waals surface area contributed by atoms with E-state index >= 15 is 0 Å². The van der Waals surface area contributed by atoms with Crippen LogP contribution in [0.2, 0.25) is 13.1 Å². The van der Waals surface area contributed by atoms with Crippen molar-refractivity contribution in [2.45, 2.75) is 46.1 Å². The molecular weight excluding hydrogens is 328 g/mol. The number of hydrogen-bond donors (Lipinski definition) is 1. The summed E-state index contributed by atoms with van der Waals surface area (Å²) in [5.41, 5.74) is 2.67. The predicted molar refractivity (Wildman–Crippen MR) is 104 cm³/mol. The van der Waals surface area contributed by atoms with E-state index in [4.69, 9.17) is 9.16 Å². The molecule has 0 aromatic heterocycles. The van der Waals surface area contributed by atoms with Gasteiger partial charge >= 0.3 is 0 Å². The highest BCUT2D eigenvalue weighted by atomic mass is 28.3. The average Bonchev–Trinajstić information content (AvgIpc) is 2.58. The highest BCUT2D eigenvalue weighted by Gasteiger charge is 2.31. The number of methoxy groups -OCH3 is 1. The molecule has 25 heavy (non-hydrogen) atoms. The quantitative estimate of drug-likeness (QED) is 0.728. The Labute approximate surface area is 153 Å². The molecule has 2 aromatic rings. The molecule has 1 N–H and O–H groups in total. The van der Waals surface area contributed by atoms with Crippen LogP contribution >= 0.6 is 0 Å². The minimum Gasteiger partial charge on any atom is -0.496 e. The molecule has 0 saturated carbocycles. The monoisotopic (exact) mass is 357 g/mol. The van der Waals surface area contributed by atoms with Gasteiger partial charge in [-0.15, -0.1) is 0 Å². The summed E-state index contributed by atoms with van der Waals surface area (Å²) in [7, 11) is 0.807. The number of ether oxygens (including phenoxy) is 1. The predicted octanol–water partition coefficient (Wildman–Crippen LogP) is 5.13. The second-order valence-electron chi connectivity index (χ2n) is 7.59. The Morgan fingerprint density at radius 3 is 2.12 bits per heavy atom. The third-order valence-electron chi connectivity index (χ3n) is 4.11.